The van der Waals surface area contributed by atoms with Crippen LogP contribution in [0.5, 0.6) is 0 Å². The number of imide groups is 1. The molecule has 1 atom stereocenters. The smallest absolute Gasteiger partial charge is 0.305 e. The number of carbonyl (C=O) groups excluding carboxylic acids is 2. The van der Waals surface area contributed by atoms with Crippen LogP contribution in [0.2, 0.25) is 25.7 Å². The molecule has 0 radical (unpaired) electrons. The number of hydrogen-bond acceptors (Lipinski definition) is 7. The minimum Gasteiger partial charge on any atom is -0.481 e. The third kappa shape index (κ3) is 5.71. The lowest BCUT2D eigenvalue weighted by atomic mass is 9.95. The highest BCUT2D eigenvalue weighted by atomic mass is 28.3. The molecule has 5 rings (SSSR count). The standard InChI is InChI=1S/C27H34N6O5Si/c1-39(2,3)13-12-38-17-31-11-10-19-25(28-16-29-26(19)31)20-15-32(21(14-24(36)37)18-6-4-5-7-18)30-27(20)33-22(34)8-9-23(33)35/h8-11,15-16,18,21H,4-7,12-14,17H2,1-3H3,(H,36,37)/t21-/m1/s1. The lowest BCUT2D eigenvalue weighted by molar-refractivity contribution is -0.138. The van der Waals surface area contributed by atoms with Crippen molar-refractivity contribution < 1.29 is 24.2 Å². The number of aromatic nitrogens is 5. The number of carbonyl (C=O) groups is 3. The van der Waals surface area contributed by atoms with Crippen molar-refractivity contribution in [3.63, 3.8) is 0 Å². The van der Waals surface area contributed by atoms with Crippen molar-refractivity contribution in [1.29, 1.82) is 0 Å². The zero-order chi connectivity index (χ0) is 27.7. The van der Waals surface area contributed by atoms with Crippen molar-refractivity contribution in [2.75, 3.05) is 11.5 Å². The van der Waals surface area contributed by atoms with E-state index < -0.39 is 31.9 Å². The summed E-state index contributed by atoms with van der Waals surface area (Å²) in [6, 6.07) is 2.53. The van der Waals surface area contributed by atoms with E-state index in [1.54, 1.807) is 10.9 Å². The van der Waals surface area contributed by atoms with Gasteiger partial charge in [0.2, 0.25) is 0 Å². The molecule has 206 valence electrons. The first-order valence-electron chi connectivity index (χ1n) is 13.4. The lowest BCUT2D eigenvalue weighted by Gasteiger charge is -2.22. The first-order chi connectivity index (χ1) is 18.6. The fraction of sp³-hybridized carbons (Fsp3) is 0.481. The monoisotopic (exact) mass is 550 g/mol. The Balaban J connectivity index is 1.55. The second-order valence-corrected chi connectivity index (χ2v) is 17.1. The first kappa shape index (κ1) is 26.9. The number of carboxylic acids is 1. The normalized spacial score (nSPS) is 17.2. The average molecular weight is 551 g/mol. The second-order valence-electron chi connectivity index (χ2n) is 11.5. The van der Waals surface area contributed by atoms with Crippen molar-refractivity contribution in [2.24, 2.45) is 5.92 Å². The van der Waals surface area contributed by atoms with Crippen LogP contribution < -0.4 is 4.90 Å². The van der Waals surface area contributed by atoms with E-state index in [1.807, 2.05) is 16.8 Å². The summed E-state index contributed by atoms with van der Waals surface area (Å²) in [4.78, 5) is 47.2. The molecule has 0 spiro atoms. The predicted molar refractivity (Wildman–Crippen MR) is 148 cm³/mol. The van der Waals surface area contributed by atoms with Crippen LogP contribution in [0.25, 0.3) is 22.3 Å². The summed E-state index contributed by atoms with van der Waals surface area (Å²) < 4.78 is 9.45. The molecule has 1 fully saturated rings. The highest BCUT2D eigenvalue weighted by Gasteiger charge is 2.35. The molecule has 0 unspecified atom stereocenters. The van der Waals surface area contributed by atoms with E-state index in [1.165, 1.54) is 18.5 Å². The molecule has 2 aliphatic rings. The maximum Gasteiger partial charge on any atom is 0.305 e. The molecule has 39 heavy (non-hydrogen) atoms. The minimum atomic E-state index is -1.21. The summed E-state index contributed by atoms with van der Waals surface area (Å²) >= 11 is 0. The SMILES string of the molecule is C[Si](C)(C)CCOCn1ccc2c(-c3cn([C@H](CC(=O)O)C4CCCC4)nc3N3C(=O)C=CC3=O)ncnc21. The van der Waals surface area contributed by atoms with Crippen LogP contribution in [0.3, 0.4) is 0 Å². The molecule has 0 bridgehead atoms. The number of nitrogens with zero attached hydrogens (tertiary/aromatic N) is 6. The highest BCUT2D eigenvalue weighted by Crippen LogP contribution is 2.40. The van der Waals surface area contributed by atoms with E-state index in [0.717, 1.165) is 42.0 Å². The van der Waals surface area contributed by atoms with Gasteiger partial charge in [-0.3, -0.25) is 19.1 Å². The zero-order valence-electron chi connectivity index (χ0n) is 22.5. The van der Waals surface area contributed by atoms with Gasteiger partial charge in [-0.05, 0) is 30.9 Å². The third-order valence-electron chi connectivity index (χ3n) is 7.44. The van der Waals surface area contributed by atoms with Gasteiger partial charge in [0.25, 0.3) is 11.8 Å². The van der Waals surface area contributed by atoms with Gasteiger partial charge >= 0.3 is 5.97 Å². The molecule has 3 aromatic rings. The summed E-state index contributed by atoms with van der Waals surface area (Å²) in [6.07, 6.45) is 11.2. The van der Waals surface area contributed by atoms with Crippen molar-refractivity contribution in [2.45, 2.75) is 70.6 Å². The van der Waals surface area contributed by atoms with E-state index in [2.05, 4.69) is 34.7 Å². The molecule has 0 aromatic carbocycles. The highest BCUT2D eigenvalue weighted by molar-refractivity contribution is 6.76. The zero-order valence-corrected chi connectivity index (χ0v) is 23.5. The molecular formula is C27H34N6O5Si. The summed E-state index contributed by atoms with van der Waals surface area (Å²) in [5.41, 5.74) is 1.63. The third-order valence-corrected chi connectivity index (χ3v) is 9.14. The van der Waals surface area contributed by atoms with Crippen LogP contribution in [0.1, 0.15) is 38.1 Å². The number of hydrogen-bond donors (Lipinski definition) is 1. The first-order valence-corrected chi connectivity index (χ1v) is 17.1. The van der Waals surface area contributed by atoms with Crippen LogP contribution in [0.4, 0.5) is 5.82 Å². The minimum absolute atomic E-state index is 0.101. The number of ether oxygens (including phenoxy) is 1. The fourth-order valence-corrected chi connectivity index (χ4v) is 6.11. The van der Waals surface area contributed by atoms with Crippen molar-refractivity contribution >= 4 is 42.7 Å². The molecule has 3 aromatic heterocycles. The van der Waals surface area contributed by atoms with E-state index in [0.29, 0.717) is 30.2 Å². The Labute approximate surface area is 227 Å². The Morgan fingerprint density at radius 2 is 1.87 bits per heavy atom. The van der Waals surface area contributed by atoms with Crippen LogP contribution in [-0.4, -0.2) is 61.9 Å². The van der Waals surface area contributed by atoms with Gasteiger partial charge in [-0.25, -0.2) is 14.9 Å². The number of aliphatic carboxylic acids is 1. The largest absolute Gasteiger partial charge is 0.481 e. The van der Waals surface area contributed by atoms with E-state index in [9.17, 15) is 19.5 Å². The fourth-order valence-electron chi connectivity index (χ4n) is 5.35. The van der Waals surface area contributed by atoms with Crippen LogP contribution in [-0.2, 0) is 25.9 Å². The Hall–Kier alpha value is -3.64. The van der Waals surface area contributed by atoms with Crippen molar-refractivity contribution in [1.82, 2.24) is 24.3 Å². The van der Waals surface area contributed by atoms with Crippen LogP contribution in [0, 0.1) is 5.92 Å². The Bertz CT molecular complexity index is 1410. The van der Waals surface area contributed by atoms with Crippen LogP contribution in [0.15, 0.2) is 36.9 Å². The molecule has 11 nitrogen and oxygen atoms in total. The molecule has 1 saturated carbocycles. The Morgan fingerprint density at radius 3 is 2.54 bits per heavy atom. The van der Waals surface area contributed by atoms with E-state index in [-0.39, 0.29) is 18.2 Å². The molecular weight excluding hydrogens is 516 g/mol. The molecule has 1 aliphatic heterocycles. The summed E-state index contributed by atoms with van der Waals surface area (Å²) in [5.74, 6) is -1.63. The van der Waals surface area contributed by atoms with E-state index in [4.69, 9.17) is 4.74 Å². The van der Waals surface area contributed by atoms with Crippen molar-refractivity contribution in [3.8, 4) is 11.3 Å². The number of fused-ring (bicyclic) bond motifs is 1. The molecule has 2 amide bonds. The van der Waals surface area contributed by atoms with Gasteiger partial charge in [0.1, 0.15) is 18.7 Å². The van der Waals surface area contributed by atoms with Gasteiger partial charge in [-0.1, -0.05) is 32.5 Å². The quantitative estimate of drug-likeness (QED) is 0.213. The molecule has 4 heterocycles. The Morgan fingerprint density at radius 1 is 1.15 bits per heavy atom. The number of carboxylic acid groups (broad SMARTS) is 1. The summed E-state index contributed by atoms with van der Waals surface area (Å²) in [5, 5.41) is 15.1. The van der Waals surface area contributed by atoms with Crippen molar-refractivity contribution in [3.05, 3.63) is 36.9 Å². The van der Waals surface area contributed by atoms with Gasteiger partial charge in [0, 0.05) is 44.6 Å². The maximum absolute atomic E-state index is 12.7. The summed E-state index contributed by atoms with van der Waals surface area (Å²) in [6.45, 7) is 7.92. The topological polar surface area (TPSA) is 132 Å². The Kier molecular flexibility index (Phi) is 7.50. The average Bonchev–Trinajstić information content (AvgIpc) is 3.67. The molecule has 12 heteroatoms. The van der Waals surface area contributed by atoms with Gasteiger partial charge in [0.15, 0.2) is 5.82 Å². The second kappa shape index (κ2) is 10.9. The maximum atomic E-state index is 12.7. The van der Waals surface area contributed by atoms with Gasteiger partial charge in [-0.2, -0.15) is 5.10 Å². The summed E-state index contributed by atoms with van der Waals surface area (Å²) in [7, 11) is -1.21. The predicted octanol–water partition coefficient (Wildman–Crippen LogP) is 4.24. The molecule has 0 saturated heterocycles. The number of amides is 2. The van der Waals surface area contributed by atoms with Crippen LogP contribution >= 0.6 is 0 Å². The number of anilines is 1. The number of rotatable bonds is 11. The van der Waals surface area contributed by atoms with Gasteiger partial charge in [0.05, 0.1) is 23.7 Å². The lowest BCUT2D eigenvalue weighted by Crippen LogP contribution is -2.31. The van der Waals surface area contributed by atoms with E-state index >= 15 is 0 Å². The van der Waals surface area contributed by atoms with Gasteiger partial charge < -0.3 is 14.4 Å². The molecule has 1 N–H and O–H groups in total. The van der Waals surface area contributed by atoms with Gasteiger partial charge in [-0.15, -0.1) is 0 Å². The molecule has 1 aliphatic carbocycles.